The molecule has 0 radical (unpaired) electrons. The van der Waals surface area contributed by atoms with Crippen molar-refractivity contribution >= 4 is 17.4 Å². The van der Waals surface area contributed by atoms with Crippen molar-refractivity contribution in [3.05, 3.63) is 29.1 Å². The maximum absolute atomic E-state index is 14.1. The molecule has 1 amide bonds. The average Bonchev–Trinajstić information content (AvgIpc) is 2.58. The number of Topliss-reactive ketones (excluding diaryl/α,β-unsaturated/α-hetero) is 1. The fraction of sp³-hybridized carbons (Fsp3) is 0.500. The number of fused-ring (bicyclic) bond motifs is 1. The second-order valence-corrected chi connectivity index (χ2v) is 6.46. The van der Waals surface area contributed by atoms with Crippen molar-refractivity contribution in [1.82, 2.24) is 5.32 Å². The molecule has 2 rings (SSSR count). The Labute approximate surface area is 124 Å². The predicted octanol–water partition coefficient (Wildman–Crippen LogP) is 2.44. The summed E-state index contributed by atoms with van der Waals surface area (Å²) in [5, 5.41) is 3.30. The van der Waals surface area contributed by atoms with Crippen LogP contribution in [-0.2, 0) is 4.79 Å². The summed E-state index contributed by atoms with van der Waals surface area (Å²) < 4.78 is 14.1. The summed E-state index contributed by atoms with van der Waals surface area (Å²) in [6.07, 6.45) is 0.656. The van der Waals surface area contributed by atoms with Crippen LogP contribution in [0.15, 0.2) is 12.1 Å². The lowest BCUT2D eigenvalue weighted by atomic mass is 10.1. The van der Waals surface area contributed by atoms with Gasteiger partial charge in [-0.05, 0) is 58.4 Å². The van der Waals surface area contributed by atoms with Gasteiger partial charge >= 0.3 is 0 Å². The Balaban J connectivity index is 2.12. The van der Waals surface area contributed by atoms with E-state index in [-0.39, 0.29) is 16.8 Å². The third-order valence-corrected chi connectivity index (χ3v) is 3.38. The summed E-state index contributed by atoms with van der Waals surface area (Å²) >= 11 is 0. The molecule has 0 fully saturated rings. The summed E-state index contributed by atoms with van der Waals surface area (Å²) in [5.74, 6) is -1.75. The number of hydrogen-bond donors (Lipinski definition) is 1. The van der Waals surface area contributed by atoms with Crippen molar-refractivity contribution in [2.24, 2.45) is 0 Å². The third kappa shape index (κ3) is 3.29. The Bertz CT molecular complexity index is 591. The van der Waals surface area contributed by atoms with Crippen molar-refractivity contribution in [2.75, 3.05) is 18.0 Å². The van der Waals surface area contributed by atoms with Crippen LogP contribution in [0.2, 0.25) is 0 Å². The van der Waals surface area contributed by atoms with Crippen molar-refractivity contribution in [3.63, 3.8) is 0 Å². The van der Waals surface area contributed by atoms with Crippen molar-refractivity contribution < 1.29 is 14.0 Å². The lowest BCUT2D eigenvalue weighted by molar-refractivity contribution is -0.114. The maximum atomic E-state index is 14.1. The minimum atomic E-state index is -0.634. The van der Waals surface area contributed by atoms with Gasteiger partial charge < -0.3 is 10.2 Å². The fourth-order valence-corrected chi connectivity index (χ4v) is 2.44. The number of amides is 1. The number of ketones is 1. The summed E-state index contributed by atoms with van der Waals surface area (Å²) in [7, 11) is 0. The van der Waals surface area contributed by atoms with Crippen molar-refractivity contribution in [1.29, 1.82) is 0 Å². The second-order valence-electron chi connectivity index (χ2n) is 6.46. The number of carbonyl (C=O) groups is 2. The first kappa shape index (κ1) is 15.6. The molecule has 0 saturated heterocycles. The van der Waals surface area contributed by atoms with Crippen molar-refractivity contribution in [2.45, 2.75) is 39.7 Å². The molecule has 1 aliphatic heterocycles. The first-order valence-corrected chi connectivity index (χ1v) is 7.12. The highest BCUT2D eigenvalue weighted by atomic mass is 19.1. The Morgan fingerprint density at radius 1 is 1.24 bits per heavy atom. The quantitative estimate of drug-likeness (QED) is 0.685. The molecule has 1 aromatic carbocycles. The van der Waals surface area contributed by atoms with E-state index in [9.17, 15) is 14.0 Å². The lowest BCUT2D eigenvalue weighted by Gasteiger charge is -2.22. The number of nitrogens with one attached hydrogen (secondary N) is 1. The van der Waals surface area contributed by atoms with Gasteiger partial charge in [0.25, 0.3) is 11.7 Å². The minimum absolute atomic E-state index is 0.00882. The monoisotopic (exact) mass is 292 g/mol. The van der Waals surface area contributed by atoms with Gasteiger partial charge in [-0.1, -0.05) is 0 Å². The highest BCUT2D eigenvalue weighted by molar-refractivity contribution is 6.52. The number of nitrogens with zero attached hydrogens (tertiary/aromatic N) is 1. The minimum Gasteiger partial charge on any atom is -0.312 e. The van der Waals surface area contributed by atoms with Gasteiger partial charge in [0.2, 0.25) is 0 Å². The zero-order valence-electron chi connectivity index (χ0n) is 12.9. The van der Waals surface area contributed by atoms with Crippen LogP contribution < -0.4 is 10.2 Å². The molecule has 0 spiro atoms. The standard InChI is InChI=1S/C16H21FN2O2/c1-10-8-11-13(12(17)9-10)19(15(21)14(11)20)7-5-6-18-16(2,3)4/h8-9,18H,5-7H2,1-4H3. The van der Waals surface area contributed by atoms with E-state index >= 15 is 0 Å². The van der Waals surface area contributed by atoms with E-state index in [1.165, 1.54) is 11.0 Å². The van der Waals surface area contributed by atoms with Gasteiger partial charge in [0.1, 0.15) is 5.82 Å². The van der Waals surface area contributed by atoms with Crippen LogP contribution in [0, 0.1) is 12.7 Å². The van der Waals surface area contributed by atoms with Crippen LogP contribution in [0.25, 0.3) is 0 Å². The molecule has 21 heavy (non-hydrogen) atoms. The predicted molar refractivity (Wildman–Crippen MR) is 80.2 cm³/mol. The number of benzene rings is 1. The highest BCUT2D eigenvalue weighted by Gasteiger charge is 2.37. The van der Waals surface area contributed by atoms with Gasteiger partial charge in [-0.3, -0.25) is 9.59 Å². The Morgan fingerprint density at radius 2 is 1.90 bits per heavy atom. The normalized spacial score (nSPS) is 14.8. The highest BCUT2D eigenvalue weighted by Crippen LogP contribution is 2.32. The zero-order valence-corrected chi connectivity index (χ0v) is 12.9. The van der Waals surface area contributed by atoms with Gasteiger partial charge in [-0.2, -0.15) is 0 Å². The second kappa shape index (κ2) is 5.56. The number of hydrogen-bond acceptors (Lipinski definition) is 3. The summed E-state index contributed by atoms with van der Waals surface area (Å²) in [6.45, 7) is 8.89. The van der Waals surface area contributed by atoms with E-state index in [0.29, 0.717) is 25.1 Å². The topological polar surface area (TPSA) is 49.4 Å². The molecule has 5 heteroatoms. The Morgan fingerprint density at radius 3 is 2.52 bits per heavy atom. The number of anilines is 1. The van der Waals surface area contributed by atoms with E-state index in [0.717, 1.165) is 0 Å². The largest absolute Gasteiger partial charge is 0.312 e. The first-order chi connectivity index (χ1) is 9.70. The number of rotatable bonds is 4. The van der Waals surface area contributed by atoms with Crippen LogP contribution in [0.3, 0.4) is 0 Å². The maximum Gasteiger partial charge on any atom is 0.299 e. The molecular weight excluding hydrogens is 271 g/mol. The SMILES string of the molecule is Cc1cc(F)c2c(c1)C(=O)C(=O)N2CCCNC(C)(C)C. The molecule has 0 aromatic heterocycles. The van der Waals surface area contributed by atoms with Gasteiger partial charge in [0.15, 0.2) is 0 Å². The zero-order chi connectivity index (χ0) is 15.8. The van der Waals surface area contributed by atoms with Gasteiger partial charge in [0, 0.05) is 12.1 Å². The Kier molecular flexibility index (Phi) is 4.14. The molecule has 1 aromatic rings. The average molecular weight is 292 g/mol. The molecule has 0 unspecified atom stereocenters. The third-order valence-electron chi connectivity index (χ3n) is 3.38. The smallest absolute Gasteiger partial charge is 0.299 e. The van der Waals surface area contributed by atoms with Gasteiger partial charge in [0.05, 0.1) is 11.3 Å². The molecular formula is C16H21FN2O2. The molecule has 114 valence electrons. The fourth-order valence-electron chi connectivity index (χ4n) is 2.44. The summed E-state index contributed by atoms with van der Waals surface area (Å²) in [6, 6.07) is 2.93. The van der Waals surface area contributed by atoms with Crippen molar-refractivity contribution in [3.8, 4) is 0 Å². The van der Waals surface area contributed by atoms with Gasteiger partial charge in [-0.25, -0.2) is 4.39 Å². The van der Waals surface area contributed by atoms with E-state index in [1.807, 2.05) is 0 Å². The first-order valence-electron chi connectivity index (χ1n) is 7.12. The van der Waals surface area contributed by atoms with Crippen LogP contribution in [0.5, 0.6) is 0 Å². The number of halogens is 1. The molecule has 1 heterocycles. The Hall–Kier alpha value is -1.75. The van der Waals surface area contributed by atoms with Crippen LogP contribution >= 0.6 is 0 Å². The molecule has 0 atom stereocenters. The molecule has 4 nitrogen and oxygen atoms in total. The summed E-state index contributed by atoms with van der Waals surface area (Å²) in [5.41, 5.74) is 0.946. The van der Waals surface area contributed by atoms with E-state index in [4.69, 9.17) is 0 Å². The molecule has 0 aliphatic carbocycles. The number of aryl methyl sites for hydroxylation is 1. The van der Waals surface area contributed by atoms with Crippen LogP contribution in [-0.4, -0.2) is 30.3 Å². The molecule has 1 aliphatic rings. The van der Waals surface area contributed by atoms with Crippen LogP contribution in [0.1, 0.15) is 43.1 Å². The van der Waals surface area contributed by atoms with E-state index in [1.54, 1.807) is 13.0 Å². The number of carbonyl (C=O) groups excluding carboxylic acids is 2. The van der Waals surface area contributed by atoms with Gasteiger partial charge in [-0.15, -0.1) is 0 Å². The van der Waals surface area contributed by atoms with E-state index in [2.05, 4.69) is 26.1 Å². The van der Waals surface area contributed by atoms with E-state index < -0.39 is 17.5 Å². The molecule has 0 bridgehead atoms. The molecule has 1 N–H and O–H groups in total. The summed E-state index contributed by atoms with van der Waals surface area (Å²) in [4.78, 5) is 25.2. The molecule has 0 saturated carbocycles. The lowest BCUT2D eigenvalue weighted by Crippen LogP contribution is -2.38. The van der Waals surface area contributed by atoms with Crippen LogP contribution in [0.4, 0.5) is 10.1 Å².